The Morgan fingerprint density at radius 2 is 1.95 bits per heavy atom. The lowest BCUT2D eigenvalue weighted by Crippen LogP contribution is -2.01. The highest BCUT2D eigenvalue weighted by molar-refractivity contribution is 9.10. The first kappa shape index (κ1) is 15.3. The molecule has 0 spiro atoms. The van der Waals surface area contributed by atoms with Crippen molar-refractivity contribution >= 4 is 15.9 Å². The van der Waals surface area contributed by atoms with Crippen LogP contribution < -0.4 is 9.47 Å². The van der Waals surface area contributed by atoms with E-state index in [-0.39, 0.29) is 12.4 Å². The summed E-state index contributed by atoms with van der Waals surface area (Å²) in [6.45, 7) is 2.38. The van der Waals surface area contributed by atoms with Gasteiger partial charge in [-0.15, -0.1) is 0 Å². The van der Waals surface area contributed by atoms with Gasteiger partial charge in [0.2, 0.25) is 0 Å². The Morgan fingerprint density at radius 3 is 2.67 bits per heavy atom. The highest BCUT2D eigenvalue weighted by Gasteiger charge is 2.09. The van der Waals surface area contributed by atoms with E-state index in [9.17, 15) is 4.39 Å². The van der Waals surface area contributed by atoms with Gasteiger partial charge in [0.1, 0.15) is 12.4 Å². The van der Waals surface area contributed by atoms with E-state index >= 15 is 0 Å². The Labute approximate surface area is 131 Å². The first-order chi connectivity index (χ1) is 10.1. The predicted molar refractivity (Wildman–Crippen MR) is 80.8 cm³/mol. The summed E-state index contributed by atoms with van der Waals surface area (Å²) in [5.41, 5.74) is 0.926. The number of nitriles is 1. The minimum Gasteiger partial charge on any atom is -0.490 e. The van der Waals surface area contributed by atoms with Crippen LogP contribution in [0.1, 0.15) is 18.1 Å². The van der Waals surface area contributed by atoms with Crippen LogP contribution in [0.5, 0.6) is 11.5 Å². The molecule has 0 aliphatic carbocycles. The van der Waals surface area contributed by atoms with Gasteiger partial charge in [-0.2, -0.15) is 5.26 Å². The topological polar surface area (TPSA) is 42.2 Å². The monoisotopic (exact) mass is 349 g/mol. The summed E-state index contributed by atoms with van der Waals surface area (Å²) in [6.07, 6.45) is 0. The lowest BCUT2D eigenvalue weighted by atomic mass is 10.2. The molecule has 2 aromatic carbocycles. The molecule has 5 heteroatoms. The Bertz CT molecular complexity index is 682. The second kappa shape index (κ2) is 7.09. The maximum Gasteiger partial charge on any atom is 0.162 e. The smallest absolute Gasteiger partial charge is 0.162 e. The summed E-state index contributed by atoms with van der Waals surface area (Å²) in [5, 5.41) is 8.89. The van der Waals surface area contributed by atoms with E-state index in [0.717, 1.165) is 4.47 Å². The number of hydrogen-bond donors (Lipinski definition) is 0. The zero-order valence-electron chi connectivity index (χ0n) is 11.4. The molecule has 0 bridgehead atoms. The van der Waals surface area contributed by atoms with E-state index in [4.69, 9.17) is 14.7 Å². The Balaban J connectivity index is 2.19. The van der Waals surface area contributed by atoms with Crippen LogP contribution in [0.3, 0.4) is 0 Å². The van der Waals surface area contributed by atoms with Gasteiger partial charge in [0.25, 0.3) is 0 Å². The molecular formula is C16H13BrFNO2. The fourth-order valence-electron chi connectivity index (χ4n) is 1.77. The average molecular weight is 350 g/mol. The molecule has 0 saturated carbocycles. The maximum absolute atomic E-state index is 13.7. The van der Waals surface area contributed by atoms with Crippen molar-refractivity contribution in [2.24, 2.45) is 0 Å². The van der Waals surface area contributed by atoms with Crippen LogP contribution in [0.2, 0.25) is 0 Å². The molecule has 0 unspecified atom stereocenters. The molecule has 0 fully saturated rings. The van der Waals surface area contributed by atoms with Gasteiger partial charge in [0, 0.05) is 16.1 Å². The number of rotatable bonds is 5. The van der Waals surface area contributed by atoms with Crippen molar-refractivity contribution in [3.63, 3.8) is 0 Å². The largest absolute Gasteiger partial charge is 0.490 e. The van der Waals surface area contributed by atoms with Gasteiger partial charge in [-0.05, 0) is 37.3 Å². The third-order valence-corrected chi connectivity index (χ3v) is 3.26. The summed E-state index contributed by atoms with van der Waals surface area (Å²) in [4.78, 5) is 0. The molecule has 21 heavy (non-hydrogen) atoms. The van der Waals surface area contributed by atoms with Crippen molar-refractivity contribution in [2.75, 3.05) is 6.61 Å². The van der Waals surface area contributed by atoms with Crippen molar-refractivity contribution in [3.05, 3.63) is 57.8 Å². The van der Waals surface area contributed by atoms with Crippen LogP contribution in [-0.2, 0) is 6.61 Å². The summed E-state index contributed by atoms with van der Waals surface area (Å²) in [6, 6.07) is 11.6. The molecule has 0 atom stereocenters. The SMILES string of the molecule is CCOc1cc(C#N)ccc1OCc1cc(Br)ccc1F. The highest BCUT2D eigenvalue weighted by Crippen LogP contribution is 2.29. The molecule has 0 aliphatic heterocycles. The summed E-state index contributed by atoms with van der Waals surface area (Å²) in [7, 11) is 0. The standard InChI is InChI=1S/C16H13BrFNO2/c1-2-20-16-7-11(9-19)3-6-15(16)21-10-12-8-13(17)4-5-14(12)18/h3-8H,2,10H2,1H3. The van der Waals surface area contributed by atoms with Gasteiger partial charge in [-0.3, -0.25) is 0 Å². The maximum atomic E-state index is 13.7. The summed E-state index contributed by atoms with van der Waals surface area (Å²) >= 11 is 3.30. The van der Waals surface area contributed by atoms with E-state index in [0.29, 0.717) is 29.2 Å². The van der Waals surface area contributed by atoms with Crippen LogP contribution in [0, 0.1) is 17.1 Å². The fourth-order valence-corrected chi connectivity index (χ4v) is 2.18. The molecular weight excluding hydrogens is 337 g/mol. The van der Waals surface area contributed by atoms with Crippen LogP contribution >= 0.6 is 15.9 Å². The van der Waals surface area contributed by atoms with E-state index in [1.54, 1.807) is 30.3 Å². The van der Waals surface area contributed by atoms with Crippen LogP contribution in [0.15, 0.2) is 40.9 Å². The quantitative estimate of drug-likeness (QED) is 0.801. The zero-order chi connectivity index (χ0) is 15.2. The van der Waals surface area contributed by atoms with Gasteiger partial charge in [-0.1, -0.05) is 15.9 Å². The average Bonchev–Trinajstić information content (AvgIpc) is 2.49. The number of nitrogens with zero attached hydrogens (tertiary/aromatic N) is 1. The van der Waals surface area contributed by atoms with Gasteiger partial charge >= 0.3 is 0 Å². The molecule has 2 rings (SSSR count). The Morgan fingerprint density at radius 1 is 1.14 bits per heavy atom. The molecule has 2 aromatic rings. The molecule has 0 saturated heterocycles. The zero-order valence-corrected chi connectivity index (χ0v) is 13.0. The molecule has 0 heterocycles. The normalized spacial score (nSPS) is 10.0. The minimum absolute atomic E-state index is 0.0806. The lowest BCUT2D eigenvalue weighted by Gasteiger charge is -2.12. The van der Waals surface area contributed by atoms with E-state index in [2.05, 4.69) is 15.9 Å². The summed E-state index contributed by atoms with van der Waals surface area (Å²) < 4.78 is 25.5. The second-order valence-electron chi connectivity index (χ2n) is 4.23. The van der Waals surface area contributed by atoms with Crippen molar-refractivity contribution in [1.82, 2.24) is 0 Å². The predicted octanol–water partition coefficient (Wildman–Crippen LogP) is 4.44. The van der Waals surface area contributed by atoms with Gasteiger partial charge < -0.3 is 9.47 Å². The van der Waals surface area contributed by atoms with Crippen molar-refractivity contribution in [1.29, 1.82) is 5.26 Å². The Kier molecular flexibility index (Phi) is 5.18. The molecule has 108 valence electrons. The third-order valence-electron chi connectivity index (χ3n) is 2.76. The van der Waals surface area contributed by atoms with Crippen LogP contribution in [0.25, 0.3) is 0 Å². The van der Waals surface area contributed by atoms with Gasteiger partial charge in [0.15, 0.2) is 11.5 Å². The Hall–Kier alpha value is -2.06. The highest BCUT2D eigenvalue weighted by atomic mass is 79.9. The van der Waals surface area contributed by atoms with Crippen molar-refractivity contribution in [2.45, 2.75) is 13.5 Å². The number of hydrogen-bond acceptors (Lipinski definition) is 3. The van der Waals surface area contributed by atoms with Gasteiger partial charge in [-0.25, -0.2) is 4.39 Å². The van der Waals surface area contributed by atoms with Gasteiger partial charge in [0.05, 0.1) is 18.2 Å². The van der Waals surface area contributed by atoms with E-state index in [1.807, 2.05) is 13.0 Å². The van der Waals surface area contributed by atoms with E-state index < -0.39 is 0 Å². The molecule has 0 aromatic heterocycles. The summed E-state index contributed by atoms with van der Waals surface area (Å²) in [5.74, 6) is 0.631. The molecule has 3 nitrogen and oxygen atoms in total. The molecule has 0 radical (unpaired) electrons. The van der Waals surface area contributed by atoms with E-state index in [1.165, 1.54) is 6.07 Å². The molecule has 0 amide bonds. The number of halogens is 2. The van der Waals surface area contributed by atoms with Crippen LogP contribution in [-0.4, -0.2) is 6.61 Å². The number of benzene rings is 2. The fraction of sp³-hybridized carbons (Fsp3) is 0.188. The first-order valence-corrected chi connectivity index (χ1v) is 7.17. The molecule has 0 N–H and O–H groups in total. The third kappa shape index (κ3) is 3.96. The minimum atomic E-state index is -0.329. The second-order valence-corrected chi connectivity index (χ2v) is 5.15. The molecule has 0 aliphatic rings. The lowest BCUT2D eigenvalue weighted by molar-refractivity contribution is 0.266. The van der Waals surface area contributed by atoms with Crippen molar-refractivity contribution in [3.8, 4) is 17.6 Å². The first-order valence-electron chi connectivity index (χ1n) is 6.37. The van der Waals surface area contributed by atoms with Crippen LogP contribution in [0.4, 0.5) is 4.39 Å². The number of ether oxygens (including phenoxy) is 2. The van der Waals surface area contributed by atoms with Crippen molar-refractivity contribution < 1.29 is 13.9 Å².